The second-order valence-electron chi connectivity index (χ2n) is 5.04. The van der Waals surface area contributed by atoms with E-state index in [4.69, 9.17) is 4.52 Å². The Bertz CT molecular complexity index is 638. The molecule has 0 bridgehead atoms. The molecule has 1 saturated heterocycles. The van der Waals surface area contributed by atoms with Crippen LogP contribution in [0.25, 0.3) is 0 Å². The number of carbonyl (C=O) groups excluding carboxylic acids is 1. The van der Waals surface area contributed by atoms with Gasteiger partial charge in [-0.25, -0.2) is 4.39 Å². The fourth-order valence-electron chi connectivity index (χ4n) is 2.68. The molecule has 0 radical (unpaired) electrons. The molecule has 20 heavy (non-hydrogen) atoms. The minimum Gasteiger partial charge on any atom is -0.351 e. The van der Waals surface area contributed by atoms with Gasteiger partial charge in [0, 0.05) is 12.6 Å². The Morgan fingerprint density at radius 2 is 2.30 bits per heavy atom. The van der Waals surface area contributed by atoms with Gasteiger partial charge >= 0.3 is 0 Å². The van der Waals surface area contributed by atoms with Gasteiger partial charge in [-0.15, -0.1) is 0 Å². The van der Waals surface area contributed by atoms with Crippen molar-refractivity contribution in [1.82, 2.24) is 10.1 Å². The summed E-state index contributed by atoms with van der Waals surface area (Å²) in [6, 6.07) is 7.95. The van der Waals surface area contributed by atoms with Gasteiger partial charge in [0.25, 0.3) is 5.91 Å². The predicted molar refractivity (Wildman–Crippen MR) is 70.7 cm³/mol. The molecule has 104 valence electrons. The van der Waals surface area contributed by atoms with Crippen molar-refractivity contribution in [2.24, 2.45) is 0 Å². The van der Waals surface area contributed by atoms with Gasteiger partial charge < -0.3 is 9.42 Å². The predicted octanol–water partition coefficient (Wildman–Crippen LogP) is 3.10. The zero-order valence-electron chi connectivity index (χ0n) is 11.2. The first-order valence-electron chi connectivity index (χ1n) is 6.65. The first kappa shape index (κ1) is 12.8. The first-order chi connectivity index (χ1) is 9.65. The van der Waals surface area contributed by atoms with E-state index in [0.717, 1.165) is 18.4 Å². The normalized spacial score (nSPS) is 18.5. The van der Waals surface area contributed by atoms with Crippen molar-refractivity contribution >= 4 is 5.91 Å². The number of nitrogens with zero attached hydrogens (tertiary/aromatic N) is 2. The molecule has 1 aliphatic rings. The number of halogens is 1. The van der Waals surface area contributed by atoms with Crippen LogP contribution in [0.3, 0.4) is 0 Å². The van der Waals surface area contributed by atoms with E-state index in [1.165, 1.54) is 12.1 Å². The maximum Gasteiger partial charge on any atom is 0.292 e. The SMILES string of the molecule is Cc1cc(C(=O)N2CCC[C@@H]2c2cccc(F)c2)on1. The van der Waals surface area contributed by atoms with Gasteiger partial charge in [0.15, 0.2) is 0 Å². The van der Waals surface area contributed by atoms with Crippen molar-refractivity contribution in [2.75, 3.05) is 6.54 Å². The third-order valence-electron chi connectivity index (χ3n) is 3.59. The molecule has 0 aliphatic carbocycles. The van der Waals surface area contributed by atoms with Gasteiger partial charge in [-0.1, -0.05) is 17.3 Å². The minimum atomic E-state index is -0.280. The van der Waals surface area contributed by atoms with Gasteiger partial charge in [0.05, 0.1) is 11.7 Å². The number of likely N-dealkylation sites (tertiary alicyclic amines) is 1. The maximum absolute atomic E-state index is 13.3. The molecule has 0 N–H and O–H groups in total. The lowest BCUT2D eigenvalue weighted by Gasteiger charge is -2.23. The van der Waals surface area contributed by atoms with Crippen LogP contribution in [0.2, 0.25) is 0 Å². The highest BCUT2D eigenvalue weighted by molar-refractivity contribution is 5.92. The summed E-state index contributed by atoms with van der Waals surface area (Å²) in [6.07, 6.45) is 1.74. The average Bonchev–Trinajstić information content (AvgIpc) is 3.06. The van der Waals surface area contributed by atoms with E-state index in [9.17, 15) is 9.18 Å². The molecule has 2 heterocycles. The Morgan fingerprint density at radius 1 is 1.45 bits per heavy atom. The number of hydrogen-bond donors (Lipinski definition) is 0. The zero-order valence-corrected chi connectivity index (χ0v) is 11.2. The summed E-state index contributed by atoms with van der Waals surface area (Å²) in [5, 5.41) is 3.74. The Morgan fingerprint density at radius 3 is 3.00 bits per heavy atom. The lowest BCUT2D eigenvalue weighted by Crippen LogP contribution is -2.30. The number of rotatable bonds is 2. The molecular formula is C15H15FN2O2. The average molecular weight is 274 g/mol. The largest absolute Gasteiger partial charge is 0.351 e. The highest BCUT2D eigenvalue weighted by atomic mass is 19.1. The van der Waals surface area contributed by atoms with E-state index in [-0.39, 0.29) is 23.5 Å². The summed E-state index contributed by atoms with van der Waals surface area (Å²) in [4.78, 5) is 14.2. The highest BCUT2D eigenvalue weighted by Gasteiger charge is 2.32. The van der Waals surface area contributed by atoms with Crippen LogP contribution in [0.5, 0.6) is 0 Å². The van der Waals surface area contributed by atoms with Crippen molar-refractivity contribution in [3.8, 4) is 0 Å². The molecule has 5 heteroatoms. The van der Waals surface area contributed by atoms with Crippen LogP contribution in [0.1, 0.15) is 40.7 Å². The number of benzene rings is 1. The van der Waals surface area contributed by atoms with Crippen LogP contribution in [-0.2, 0) is 0 Å². The number of amides is 1. The first-order valence-corrected chi connectivity index (χ1v) is 6.65. The van der Waals surface area contributed by atoms with Gasteiger partial charge in [-0.05, 0) is 37.5 Å². The number of aromatic nitrogens is 1. The van der Waals surface area contributed by atoms with Crippen LogP contribution in [-0.4, -0.2) is 22.5 Å². The smallest absolute Gasteiger partial charge is 0.292 e. The second kappa shape index (κ2) is 5.07. The fourth-order valence-corrected chi connectivity index (χ4v) is 2.68. The Hall–Kier alpha value is -2.17. The molecule has 0 unspecified atom stereocenters. The molecule has 0 saturated carbocycles. The number of hydrogen-bond acceptors (Lipinski definition) is 3. The summed E-state index contributed by atoms with van der Waals surface area (Å²) in [6.45, 7) is 2.42. The van der Waals surface area contributed by atoms with Crippen molar-refractivity contribution in [2.45, 2.75) is 25.8 Å². The van der Waals surface area contributed by atoms with E-state index in [2.05, 4.69) is 5.16 Å². The van der Waals surface area contributed by atoms with Gasteiger partial charge in [-0.3, -0.25) is 4.79 Å². The van der Waals surface area contributed by atoms with Crippen molar-refractivity contribution in [3.63, 3.8) is 0 Å². The van der Waals surface area contributed by atoms with E-state index in [1.807, 2.05) is 6.07 Å². The molecule has 1 amide bonds. The van der Waals surface area contributed by atoms with Crippen LogP contribution in [0, 0.1) is 12.7 Å². The quantitative estimate of drug-likeness (QED) is 0.845. The summed E-state index contributed by atoms with van der Waals surface area (Å²) < 4.78 is 18.4. The molecule has 1 aliphatic heterocycles. The second-order valence-corrected chi connectivity index (χ2v) is 5.04. The minimum absolute atomic E-state index is 0.0939. The van der Waals surface area contributed by atoms with Gasteiger partial charge in [0.1, 0.15) is 5.82 Å². The number of carbonyl (C=O) groups is 1. The molecule has 0 spiro atoms. The topological polar surface area (TPSA) is 46.3 Å². The zero-order chi connectivity index (χ0) is 14.1. The fraction of sp³-hybridized carbons (Fsp3) is 0.333. The van der Waals surface area contributed by atoms with Crippen molar-refractivity contribution in [1.29, 1.82) is 0 Å². The third kappa shape index (κ3) is 2.31. The maximum atomic E-state index is 13.3. The summed E-state index contributed by atoms with van der Waals surface area (Å²) in [5.74, 6) is -0.222. The third-order valence-corrected chi connectivity index (χ3v) is 3.59. The summed E-state index contributed by atoms with van der Waals surface area (Å²) in [5.41, 5.74) is 1.50. The molecular weight excluding hydrogens is 259 g/mol. The molecule has 1 aromatic carbocycles. The van der Waals surface area contributed by atoms with Crippen LogP contribution in [0.4, 0.5) is 4.39 Å². The van der Waals surface area contributed by atoms with E-state index in [1.54, 1.807) is 24.0 Å². The summed E-state index contributed by atoms with van der Waals surface area (Å²) in [7, 11) is 0. The van der Waals surface area contributed by atoms with E-state index in [0.29, 0.717) is 12.2 Å². The van der Waals surface area contributed by atoms with Crippen LogP contribution < -0.4 is 0 Å². The lowest BCUT2D eigenvalue weighted by atomic mass is 10.0. The Labute approximate surface area is 116 Å². The highest BCUT2D eigenvalue weighted by Crippen LogP contribution is 2.33. The summed E-state index contributed by atoms with van der Waals surface area (Å²) >= 11 is 0. The Balaban J connectivity index is 1.87. The standard InChI is InChI=1S/C15H15FN2O2/c1-10-8-14(20-17-10)15(19)18-7-3-6-13(18)11-4-2-5-12(16)9-11/h2,4-5,8-9,13H,3,6-7H2,1H3/t13-/m1/s1. The molecule has 1 aromatic heterocycles. The van der Waals surface area contributed by atoms with Crippen LogP contribution >= 0.6 is 0 Å². The van der Waals surface area contributed by atoms with Crippen molar-refractivity contribution in [3.05, 3.63) is 53.2 Å². The van der Waals surface area contributed by atoms with Crippen LogP contribution in [0.15, 0.2) is 34.9 Å². The lowest BCUT2D eigenvalue weighted by molar-refractivity contribution is 0.0693. The Kier molecular flexibility index (Phi) is 3.26. The molecule has 2 aromatic rings. The monoisotopic (exact) mass is 274 g/mol. The molecule has 3 rings (SSSR count). The van der Waals surface area contributed by atoms with E-state index >= 15 is 0 Å². The van der Waals surface area contributed by atoms with Crippen molar-refractivity contribution < 1.29 is 13.7 Å². The molecule has 4 nitrogen and oxygen atoms in total. The van der Waals surface area contributed by atoms with Gasteiger partial charge in [-0.2, -0.15) is 0 Å². The molecule has 1 atom stereocenters. The van der Waals surface area contributed by atoms with E-state index < -0.39 is 0 Å². The van der Waals surface area contributed by atoms with Gasteiger partial charge in [0.2, 0.25) is 5.76 Å². The molecule has 1 fully saturated rings. The number of aryl methyl sites for hydroxylation is 1.